The van der Waals surface area contributed by atoms with Crippen LogP contribution in [-0.2, 0) is 6.54 Å². The zero-order valence-electron chi connectivity index (χ0n) is 12.5. The highest BCUT2D eigenvalue weighted by molar-refractivity contribution is 7.09. The standard InChI is InChI=1S/C17H15N3O2S/c1-11-10-23-15(19-11)9-18-16(21)13-7-8-14(20-17(13)22)12-5-3-2-4-6-12/h2-8,10H,9H2,1H3,(H,18,21)(H,20,22). The van der Waals surface area contributed by atoms with Gasteiger partial charge in [0.25, 0.3) is 11.5 Å². The molecule has 0 atom stereocenters. The highest BCUT2D eigenvalue weighted by Gasteiger charge is 2.12. The summed E-state index contributed by atoms with van der Waals surface area (Å²) in [5.74, 6) is -0.404. The first kappa shape index (κ1) is 15.2. The Bertz CT molecular complexity index is 884. The van der Waals surface area contributed by atoms with Crippen molar-refractivity contribution in [3.63, 3.8) is 0 Å². The summed E-state index contributed by atoms with van der Waals surface area (Å²) in [5, 5.41) is 5.45. The van der Waals surface area contributed by atoms with Crippen LogP contribution in [0.2, 0.25) is 0 Å². The number of aromatic amines is 1. The maximum Gasteiger partial charge on any atom is 0.261 e. The molecule has 0 unspecified atom stereocenters. The Kier molecular flexibility index (Phi) is 4.34. The minimum absolute atomic E-state index is 0.0953. The van der Waals surface area contributed by atoms with Gasteiger partial charge < -0.3 is 10.3 Å². The van der Waals surface area contributed by atoms with Crippen molar-refractivity contribution in [3.8, 4) is 11.3 Å². The van der Waals surface area contributed by atoms with E-state index in [1.54, 1.807) is 12.1 Å². The molecular weight excluding hydrogens is 310 g/mol. The second-order valence-corrected chi connectivity index (χ2v) is 5.99. The molecular formula is C17H15N3O2S. The van der Waals surface area contributed by atoms with Crippen LogP contribution in [0.5, 0.6) is 0 Å². The Morgan fingerprint density at radius 2 is 2.00 bits per heavy atom. The Labute approximate surface area is 137 Å². The number of nitrogens with one attached hydrogen (secondary N) is 2. The largest absolute Gasteiger partial charge is 0.345 e. The number of benzene rings is 1. The smallest absolute Gasteiger partial charge is 0.261 e. The first-order valence-corrected chi connectivity index (χ1v) is 7.99. The molecule has 2 heterocycles. The fourth-order valence-corrected chi connectivity index (χ4v) is 2.89. The summed E-state index contributed by atoms with van der Waals surface area (Å²) >= 11 is 1.48. The van der Waals surface area contributed by atoms with Crippen molar-refractivity contribution in [2.75, 3.05) is 0 Å². The van der Waals surface area contributed by atoms with E-state index in [0.29, 0.717) is 12.2 Å². The van der Waals surface area contributed by atoms with Crippen molar-refractivity contribution < 1.29 is 4.79 Å². The first-order valence-electron chi connectivity index (χ1n) is 7.11. The molecule has 23 heavy (non-hydrogen) atoms. The molecule has 0 radical (unpaired) electrons. The van der Waals surface area contributed by atoms with E-state index in [-0.39, 0.29) is 5.56 Å². The molecule has 2 N–H and O–H groups in total. The SMILES string of the molecule is Cc1csc(CNC(=O)c2ccc(-c3ccccc3)[nH]c2=O)n1. The summed E-state index contributed by atoms with van der Waals surface area (Å²) in [6.07, 6.45) is 0. The number of thiazole rings is 1. The first-order chi connectivity index (χ1) is 11.1. The summed E-state index contributed by atoms with van der Waals surface area (Å²) in [5.41, 5.74) is 2.19. The number of carbonyl (C=O) groups excluding carboxylic acids is 1. The number of hydrogen-bond donors (Lipinski definition) is 2. The van der Waals surface area contributed by atoms with Gasteiger partial charge in [-0.3, -0.25) is 9.59 Å². The third kappa shape index (κ3) is 3.54. The average Bonchev–Trinajstić information content (AvgIpc) is 2.99. The number of nitrogens with zero attached hydrogens (tertiary/aromatic N) is 1. The number of pyridine rings is 1. The van der Waals surface area contributed by atoms with Crippen LogP contribution in [0.15, 0.2) is 52.6 Å². The van der Waals surface area contributed by atoms with E-state index in [9.17, 15) is 9.59 Å². The van der Waals surface area contributed by atoms with Gasteiger partial charge in [0.15, 0.2) is 0 Å². The molecule has 116 valence electrons. The lowest BCUT2D eigenvalue weighted by molar-refractivity contribution is 0.0949. The molecule has 6 heteroatoms. The molecule has 0 bridgehead atoms. The molecule has 0 aliphatic carbocycles. The summed E-state index contributed by atoms with van der Waals surface area (Å²) in [6, 6.07) is 12.8. The fraction of sp³-hybridized carbons (Fsp3) is 0.118. The summed E-state index contributed by atoms with van der Waals surface area (Å²) < 4.78 is 0. The Balaban J connectivity index is 1.75. The molecule has 5 nitrogen and oxygen atoms in total. The van der Waals surface area contributed by atoms with Crippen LogP contribution < -0.4 is 10.9 Å². The van der Waals surface area contributed by atoms with E-state index in [2.05, 4.69) is 15.3 Å². The lowest BCUT2D eigenvalue weighted by Gasteiger charge is -2.05. The minimum atomic E-state index is -0.404. The summed E-state index contributed by atoms with van der Waals surface area (Å²) in [4.78, 5) is 31.3. The molecule has 0 aliphatic rings. The molecule has 2 aromatic heterocycles. The average molecular weight is 325 g/mol. The Morgan fingerprint density at radius 3 is 2.65 bits per heavy atom. The van der Waals surface area contributed by atoms with E-state index >= 15 is 0 Å². The molecule has 1 aromatic carbocycles. The molecule has 0 fully saturated rings. The van der Waals surface area contributed by atoms with Crippen LogP contribution in [0.1, 0.15) is 21.1 Å². The topological polar surface area (TPSA) is 74.8 Å². The number of hydrogen-bond acceptors (Lipinski definition) is 4. The number of aromatic nitrogens is 2. The number of rotatable bonds is 4. The number of H-pyrrole nitrogens is 1. The van der Waals surface area contributed by atoms with E-state index in [0.717, 1.165) is 16.3 Å². The van der Waals surface area contributed by atoms with Gasteiger partial charge >= 0.3 is 0 Å². The number of aryl methyl sites for hydroxylation is 1. The summed E-state index contributed by atoms with van der Waals surface area (Å²) in [6.45, 7) is 2.21. The van der Waals surface area contributed by atoms with E-state index in [1.165, 1.54) is 11.3 Å². The number of amides is 1. The van der Waals surface area contributed by atoms with Gasteiger partial charge in [-0.15, -0.1) is 11.3 Å². The predicted molar refractivity (Wildman–Crippen MR) is 90.5 cm³/mol. The molecule has 0 saturated carbocycles. The molecule has 0 aliphatic heterocycles. The normalized spacial score (nSPS) is 10.5. The van der Waals surface area contributed by atoms with Crippen molar-refractivity contribution >= 4 is 17.2 Å². The Morgan fingerprint density at radius 1 is 1.22 bits per heavy atom. The van der Waals surface area contributed by atoms with E-state index in [4.69, 9.17) is 0 Å². The van der Waals surface area contributed by atoms with Gasteiger partial charge in [0.1, 0.15) is 10.6 Å². The molecule has 3 rings (SSSR count). The van der Waals surface area contributed by atoms with Crippen LogP contribution in [0.4, 0.5) is 0 Å². The van der Waals surface area contributed by atoms with Crippen molar-refractivity contribution in [1.82, 2.24) is 15.3 Å². The highest BCUT2D eigenvalue weighted by atomic mass is 32.1. The summed E-state index contributed by atoms with van der Waals surface area (Å²) in [7, 11) is 0. The van der Waals surface area contributed by atoms with Gasteiger partial charge in [0.2, 0.25) is 0 Å². The van der Waals surface area contributed by atoms with Gasteiger partial charge in [-0.1, -0.05) is 30.3 Å². The highest BCUT2D eigenvalue weighted by Crippen LogP contribution is 2.14. The molecule has 1 amide bonds. The second-order valence-electron chi connectivity index (χ2n) is 5.05. The van der Waals surface area contributed by atoms with Crippen LogP contribution in [0.25, 0.3) is 11.3 Å². The predicted octanol–water partition coefficient (Wildman–Crippen LogP) is 2.74. The van der Waals surface area contributed by atoms with Crippen LogP contribution in [0.3, 0.4) is 0 Å². The second kappa shape index (κ2) is 6.58. The van der Waals surface area contributed by atoms with Crippen molar-refractivity contribution in [1.29, 1.82) is 0 Å². The third-order valence-electron chi connectivity index (χ3n) is 3.31. The van der Waals surface area contributed by atoms with Crippen LogP contribution in [0, 0.1) is 6.92 Å². The van der Waals surface area contributed by atoms with Crippen molar-refractivity contribution in [2.45, 2.75) is 13.5 Å². The van der Waals surface area contributed by atoms with E-state index < -0.39 is 11.5 Å². The monoisotopic (exact) mass is 325 g/mol. The van der Waals surface area contributed by atoms with Gasteiger partial charge in [-0.25, -0.2) is 4.98 Å². The lowest BCUT2D eigenvalue weighted by atomic mass is 10.1. The van der Waals surface area contributed by atoms with Gasteiger partial charge in [0.05, 0.1) is 6.54 Å². The minimum Gasteiger partial charge on any atom is -0.345 e. The zero-order valence-corrected chi connectivity index (χ0v) is 13.3. The van der Waals surface area contributed by atoms with Crippen LogP contribution >= 0.6 is 11.3 Å². The molecule has 0 spiro atoms. The maximum atomic E-state index is 12.1. The molecule has 0 saturated heterocycles. The lowest BCUT2D eigenvalue weighted by Crippen LogP contribution is -2.29. The quantitative estimate of drug-likeness (QED) is 0.774. The fourth-order valence-electron chi connectivity index (χ4n) is 2.17. The van der Waals surface area contributed by atoms with Gasteiger partial charge in [0, 0.05) is 16.8 Å². The van der Waals surface area contributed by atoms with Gasteiger partial charge in [-0.05, 0) is 24.6 Å². The Hall–Kier alpha value is -2.73. The van der Waals surface area contributed by atoms with E-state index in [1.807, 2.05) is 42.6 Å². The van der Waals surface area contributed by atoms with Crippen molar-refractivity contribution in [2.24, 2.45) is 0 Å². The zero-order chi connectivity index (χ0) is 16.2. The van der Waals surface area contributed by atoms with Crippen molar-refractivity contribution in [3.05, 3.63) is 74.5 Å². The number of carbonyl (C=O) groups is 1. The third-order valence-corrected chi connectivity index (χ3v) is 4.27. The maximum absolute atomic E-state index is 12.1. The molecule has 3 aromatic rings. The van der Waals surface area contributed by atoms with Gasteiger partial charge in [-0.2, -0.15) is 0 Å². The van der Waals surface area contributed by atoms with Crippen LogP contribution in [-0.4, -0.2) is 15.9 Å².